The second-order valence-corrected chi connectivity index (χ2v) is 2.74. The van der Waals surface area contributed by atoms with Crippen LogP contribution in [-0.2, 0) is 0 Å². The van der Waals surface area contributed by atoms with Gasteiger partial charge >= 0.3 is 6.03 Å². The number of carbonyl (C=O) groups is 1. The Hall–Kier alpha value is -2.25. The highest BCUT2D eigenvalue weighted by molar-refractivity contribution is 5.91. The summed E-state index contributed by atoms with van der Waals surface area (Å²) in [7, 11) is 1.25. The van der Waals surface area contributed by atoms with Gasteiger partial charge in [-0.3, -0.25) is 15.4 Å². The average molecular weight is 231 g/mol. The first-order valence-corrected chi connectivity index (χ1v) is 4.08. The van der Waals surface area contributed by atoms with Crippen LogP contribution in [-0.4, -0.2) is 18.0 Å². The van der Waals surface area contributed by atoms with Crippen molar-refractivity contribution in [1.29, 1.82) is 0 Å². The van der Waals surface area contributed by atoms with Crippen molar-refractivity contribution in [3.8, 4) is 0 Å². The zero-order valence-corrected chi connectivity index (χ0v) is 8.08. The van der Waals surface area contributed by atoms with Gasteiger partial charge in [0, 0.05) is 13.1 Å². The molecule has 2 amide bonds. The van der Waals surface area contributed by atoms with Gasteiger partial charge in [-0.1, -0.05) is 0 Å². The van der Waals surface area contributed by atoms with E-state index in [-0.39, 0.29) is 0 Å². The highest BCUT2D eigenvalue weighted by atomic mass is 19.1. The van der Waals surface area contributed by atoms with E-state index in [0.29, 0.717) is 12.1 Å². The average Bonchev–Trinajstić information content (AvgIpc) is 2.20. The number of amides is 2. The molecular weight excluding hydrogens is 224 g/mol. The summed E-state index contributed by atoms with van der Waals surface area (Å²) >= 11 is 0. The SMILES string of the molecule is CNC(=O)Nc1c(F)cc(F)cc1[N+](=O)[O-]. The smallest absolute Gasteiger partial charge is 0.319 e. The van der Waals surface area contributed by atoms with Crippen molar-refractivity contribution >= 4 is 17.4 Å². The van der Waals surface area contributed by atoms with E-state index in [1.807, 2.05) is 5.32 Å². The second kappa shape index (κ2) is 4.51. The number of rotatable bonds is 2. The normalized spacial score (nSPS) is 9.69. The number of urea groups is 1. The van der Waals surface area contributed by atoms with Crippen molar-refractivity contribution in [2.24, 2.45) is 0 Å². The minimum atomic E-state index is -1.21. The molecule has 1 aromatic rings. The molecule has 1 aromatic carbocycles. The predicted molar refractivity (Wildman–Crippen MR) is 51.1 cm³/mol. The summed E-state index contributed by atoms with van der Waals surface area (Å²) in [5, 5.41) is 14.5. The molecule has 1 rings (SSSR count). The van der Waals surface area contributed by atoms with E-state index in [2.05, 4.69) is 5.32 Å². The first-order valence-electron chi connectivity index (χ1n) is 4.08. The van der Waals surface area contributed by atoms with Gasteiger partial charge in [-0.2, -0.15) is 0 Å². The Morgan fingerprint density at radius 2 is 2.06 bits per heavy atom. The summed E-state index contributed by atoms with van der Waals surface area (Å²) in [4.78, 5) is 20.4. The molecule has 0 aromatic heterocycles. The Morgan fingerprint density at radius 3 is 2.56 bits per heavy atom. The highest BCUT2D eigenvalue weighted by Gasteiger charge is 2.21. The van der Waals surface area contributed by atoms with Crippen LogP contribution in [0.4, 0.5) is 25.0 Å². The summed E-state index contributed by atoms with van der Waals surface area (Å²) in [5.74, 6) is -2.30. The molecule has 0 aliphatic heterocycles. The predicted octanol–water partition coefficient (Wildman–Crippen LogP) is 1.62. The molecule has 0 atom stereocenters. The number of nitrogens with zero attached hydrogens (tertiary/aromatic N) is 1. The minimum Gasteiger partial charge on any atom is -0.341 e. The number of nitro benzene ring substituents is 1. The number of anilines is 1. The maximum atomic E-state index is 13.2. The third kappa shape index (κ3) is 2.41. The van der Waals surface area contributed by atoms with Crippen LogP contribution in [0, 0.1) is 21.7 Å². The third-order valence-electron chi connectivity index (χ3n) is 1.70. The van der Waals surface area contributed by atoms with Crippen LogP contribution in [0.2, 0.25) is 0 Å². The molecule has 0 unspecified atom stereocenters. The fraction of sp³-hybridized carbons (Fsp3) is 0.125. The number of nitrogens with one attached hydrogen (secondary N) is 2. The van der Waals surface area contributed by atoms with E-state index in [1.54, 1.807) is 0 Å². The Labute approximate surface area is 88.4 Å². The molecule has 86 valence electrons. The van der Waals surface area contributed by atoms with Crippen molar-refractivity contribution in [2.75, 3.05) is 12.4 Å². The molecule has 6 nitrogen and oxygen atoms in total. The molecule has 0 saturated heterocycles. The van der Waals surface area contributed by atoms with Gasteiger partial charge in [0.15, 0.2) is 11.5 Å². The molecule has 0 radical (unpaired) electrons. The number of hydrogen-bond acceptors (Lipinski definition) is 3. The third-order valence-corrected chi connectivity index (χ3v) is 1.70. The first-order chi connectivity index (χ1) is 7.45. The Morgan fingerprint density at radius 1 is 1.44 bits per heavy atom. The second-order valence-electron chi connectivity index (χ2n) is 2.74. The summed E-state index contributed by atoms with van der Waals surface area (Å²) in [5.41, 5.74) is -1.52. The molecule has 0 spiro atoms. The van der Waals surface area contributed by atoms with Gasteiger partial charge in [-0.05, 0) is 0 Å². The van der Waals surface area contributed by atoms with Crippen LogP contribution in [0.1, 0.15) is 0 Å². The van der Waals surface area contributed by atoms with Crippen molar-refractivity contribution in [3.05, 3.63) is 33.9 Å². The summed E-state index contributed by atoms with van der Waals surface area (Å²) < 4.78 is 25.9. The van der Waals surface area contributed by atoms with Gasteiger partial charge in [0.25, 0.3) is 5.69 Å². The van der Waals surface area contributed by atoms with Gasteiger partial charge in [0.1, 0.15) is 5.82 Å². The van der Waals surface area contributed by atoms with Gasteiger partial charge in [0.05, 0.1) is 11.0 Å². The van der Waals surface area contributed by atoms with E-state index >= 15 is 0 Å². The van der Waals surface area contributed by atoms with Crippen LogP contribution in [0.25, 0.3) is 0 Å². The van der Waals surface area contributed by atoms with E-state index in [9.17, 15) is 23.7 Å². The van der Waals surface area contributed by atoms with E-state index in [1.165, 1.54) is 7.05 Å². The van der Waals surface area contributed by atoms with Crippen molar-refractivity contribution < 1.29 is 18.5 Å². The lowest BCUT2D eigenvalue weighted by molar-refractivity contribution is -0.384. The van der Waals surface area contributed by atoms with E-state index in [0.717, 1.165) is 0 Å². The number of nitro groups is 1. The minimum absolute atomic E-state index is 0.443. The lowest BCUT2D eigenvalue weighted by Crippen LogP contribution is -2.25. The van der Waals surface area contributed by atoms with E-state index in [4.69, 9.17) is 0 Å². The van der Waals surface area contributed by atoms with E-state index < -0.39 is 34.0 Å². The monoisotopic (exact) mass is 231 g/mol. The molecule has 0 fully saturated rings. The maximum absolute atomic E-state index is 13.2. The summed E-state index contributed by atoms with van der Waals surface area (Å²) in [6.07, 6.45) is 0. The molecule has 0 heterocycles. The standard InChI is InChI=1S/C8H7F2N3O3/c1-11-8(14)12-7-5(10)2-4(9)3-6(7)13(15)16/h2-3H,1H3,(H2,11,12,14). The van der Waals surface area contributed by atoms with Crippen LogP contribution in [0.3, 0.4) is 0 Å². The van der Waals surface area contributed by atoms with Crippen molar-refractivity contribution in [1.82, 2.24) is 5.32 Å². The van der Waals surface area contributed by atoms with Gasteiger partial charge in [0.2, 0.25) is 0 Å². The fourth-order valence-corrected chi connectivity index (χ4v) is 1.00. The van der Waals surface area contributed by atoms with Crippen LogP contribution in [0.5, 0.6) is 0 Å². The molecule has 0 aliphatic rings. The number of carbonyl (C=O) groups excluding carboxylic acids is 1. The fourth-order valence-electron chi connectivity index (χ4n) is 1.00. The molecule has 0 saturated carbocycles. The lowest BCUT2D eigenvalue weighted by Gasteiger charge is -2.06. The molecule has 2 N–H and O–H groups in total. The number of benzene rings is 1. The van der Waals surface area contributed by atoms with Crippen LogP contribution >= 0.6 is 0 Å². The zero-order chi connectivity index (χ0) is 12.3. The largest absolute Gasteiger partial charge is 0.341 e. The van der Waals surface area contributed by atoms with Gasteiger partial charge in [-0.15, -0.1) is 0 Å². The molecular formula is C8H7F2N3O3. The van der Waals surface area contributed by atoms with Crippen molar-refractivity contribution in [2.45, 2.75) is 0 Å². The van der Waals surface area contributed by atoms with Gasteiger partial charge in [-0.25, -0.2) is 13.6 Å². The topological polar surface area (TPSA) is 84.3 Å². The highest BCUT2D eigenvalue weighted by Crippen LogP contribution is 2.28. The zero-order valence-electron chi connectivity index (χ0n) is 8.08. The molecule has 8 heteroatoms. The number of halogens is 2. The Balaban J connectivity index is 3.24. The lowest BCUT2D eigenvalue weighted by atomic mass is 10.2. The van der Waals surface area contributed by atoms with Crippen LogP contribution < -0.4 is 10.6 Å². The van der Waals surface area contributed by atoms with Crippen LogP contribution in [0.15, 0.2) is 12.1 Å². The number of hydrogen-bond donors (Lipinski definition) is 2. The molecule has 16 heavy (non-hydrogen) atoms. The summed E-state index contributed by atoms with van der Waals surface area (Å²) in [6.45, 7) is 0. The molecule has 0 bridgehead atoms. The molecule has 0 aliphatic carbocycles. The quantitative estimate of drug-likeness (QED) is 0.599. The van der Waals surface area contributed by atoms with Gasteiger partial charge < -0.3 is 5.32 Å². The summed E-state index contributed by atoms with van der Waals surface area (Å²) in [6, 6.07) is 0.126. The maximum Gasteiger partial charge on any atom is 0.319 e. The van der Waals surface area contributed by atoms with Crippen molar-refractivity contribution in [3.63, 3.8) is 0 Å². The Kier molecular flexibility index (Phi) is 3.33. The first kappa shape index (κ1) is 11.8. The Bertz CT molecular complexity index is 450.